The van der Waals surface area contributed by atoms with Gasteiger partial charge in [-0.3, -0.25) is 4.79 Å². The van der Waals surface area contributed by atoms with E-state index in [9.17, 15) is 14.3 Å². The van der Waals surface area contributed by atoms with Crippen LogP contribution in [0.3, 0.4) is 0 Å². The summed E-state index contributed by atoms with van der Waals surface area (Å²) in [5.74, 6) is 0.260. The summed E-state index contributed by atoms with van der Waals surface area (Å²) < 4.78 is 19.2. The minimum Gasteiger partial charge on any atom is -0.462 e. The summed E-state index contributed by atoms with van der Waals surface area (Å²) in [6, 6.07) is 0. The molecule has 5 nitrogen and oxygen atoms in total. The third-order valence-corrected chi connectivity index (χ3v) is 4.94. The standard InChI is InChI=1S/C18H30FNO4/c1-10(2)18(11(3)4)23-17(22)9-13-8-15(20-24-13)12-5-6-16(21)14(19)7-12/h10-14,16,18,21H,5-9H2,1-4H3. The van der Waals surface area contributed by atoms with E-state index in [1.165, 1.54) is 0 Å². The number of ether oxygens (including phenoxy) is 1. The normalized spacial score (nSPS) is 30.6. The second kappa shape index (κ2) is 8.28. The number of halogens is 1. The van der Waals surface area contributed by atoms with Crippen molar-refractivity contribution in [2.24, 2.45) is 22.9 Å². The van der Waals surface area contributed by atoms with Gasteiger partial charge in [-0.25, -0.2) is 4.39 Å². The van der Waals surface area contributed by atoms with E-state index in [4.69, 9.17) is 9.57 Å². The fourth-order valence-electron chi connectivity index (χ4n) is 3.63. The lowest BCUT2D eigenvalue weighted by Crippen LogP contribution is -2.34. The highest BCUT2D eigenvalue weighted by molar-refractivity contribution is 5.88. The first-order valence-electron chi connectivity index (χ1n) is 9.02. The van der Waals surface area contributed by atoms with Crippen molar-refractivity contribution in [1.82, 2.24) is 0 Å². The summed E-state index contributed by atoms with van der Waals surface area (Å²) in [6.07, 6.45) is -0.348. The molecule has 1 aliphatic heterocycles. The zero-order valence-corrected chi connectivity index (χ0v) is 15.1. The average Bonchev–Trinajstić information content (AvgIpc) is 2.95. The van der Waals surface area contributed by atoms with Gasteiger partial charge in [-0.1, -0.05) is 32.9 Å². The molecule has 1 saturated carbocycles. The lowest BCUT2D eigenvalue weighted by molar-refractivity contribution is -0.156. The van der Waals surface area contributed by atoms with Crippen LogP contribution >= 0.6 is 0 Å². The Balaban J connectivity index is 1.79. The molecule has 4 unspecified atom stereocenters. The van der Waals surface area contributed by atoms with E-state index in [0.29, 0.717) is 19.3 Å². The molecule has 24 heavy (non-hydrogen) atoms. The van der Waals surface area contributed by atoms with Crippen molar-refractivity contribution in [1.29, 1.82) is 0 Å². The van der Waals surface area contributed by atoms with Gasteiger partial charge in [0, 0.05) is 12.3 Å². The molecular weight excluding hydrogens is 313 g/mol. The molecule has 0 amide bonds. The highest BCUT2D eigenvalue weighted by Crippen LogP contribution is 2.32. The van der Waals surface area contributed by atoms with Gasteiger partial charge in [0.1, 0.15) is 18.4 Å². The van der Waals surface area contributed by atoms with Crippen LogP contribution in [0.5, 0.6) is 0 Å². The van der Waals surface area contributed by atoms with Crippen LogP contribution in [0.2, 0.25) is 0 Å². The Bertz CT molecular complexity index is 458. The molecule has 4 atom stereocenters. The summed E-state index contributed by atoms with van der Waals surface area (Å²) in [4.78, 5) is 17.5. The van der Waals surface area contributed by atoms with Crippen LogP contribution in [0.15, 0.2) is 5.16 Å². The molecule has 0 aromatic rings. The molecule has 6 heteroatoms. The van der Waals surface area contributed by atoms with E-state index in [-0.39, 0.29) is 48.8 Å². The Morgan fingerprint density at radius 1 is 1.33 bits per heavy atom. The Morgan fingerprint density at radius 2 is 2.00 bits per heavy atom. The molecule has 1 heterocycles. The quantitative estimate of drug-likeness (QED) is 0.752. The van der Waals surface area contributed by atoms with Gasteiger partial charge in [-0.15, -0.1) is 0 Å². The average molecular weight is 343 g/mol. The fourth-order valence-corrected chi connectivity index (χ4v) is 3.63. The number of oxime groups is 1. The molecule has 1 aliphatic carbocycles. The maximum Gasteiger partial charge on any atom is 0.309 e. The molecule has 0 spiro atoms. The van der Waals surface area contributed by atoms with E-state index < -0.39 is 12.3 Å². The van der Waals surface area contributed by atoms with Crippen molar-refractivity contribution in [3.63, 3.8) is 0 Å². The predicted molar refractivity (Wildman–Crippen MR) is 89.3 cm³/mol. The molecule has 2 aliphatic rings. The van der Waals surface area contributed by atoms with E-state index in [1.54, 1.807) is 0 Å². The second-order valence-corrected chi connectivity index (χ2v) is 7.75. The number of alkyl halides is 1. The van der Waals surface area contributed by atoms with E-state index >= 15 is 0 Å². The van der Waals surface area contributed by atoms with E-state index in [0.717, 1.165) is 5.71 Å². The van der Waals surface area contributed by atoms with Gasteiger partial charge in [0.2, 0.25) is 0 Å². The van der Waals surface area contributed by atoms with E-state index in [2.05, 4.69) is 5.16 Å². The molecule has 0 aromatic heterocycles. The van der Waals surface area contributed by atoms with Crippen LogP contribution in [0, 0.1) is 17.8 Å². The second-order valence-electron chi connectivity index (χ2n) is 7.75. The summed E-state index contributed by atoms with van der Waals surface area (Å²) in [7, 11) is 0. The molecule has 1 N–H and O–H groups in total. The summed E-state index contributed by atoms with van der Waals surface area (Å²) in [5, 5.41) is 13.5. The topological polar surface area (TPSA) is 68.1 Å². The van der Waals surface area contributed by atoms with Crippen LogP contribution in [0.25, 0.3) is 0 Å². The molecule has 0 saturated heterocycles. The summed E-state index contributed by atoms with van der Waals surface area (Å²) in [6.45, 7) is 8.15. The molecule has 1 fully saturated rings. The largest absolute Gasteiger partial charge is 0.462 e. The van der Waals surface area contributed by atoms with Crippen LogP contribution in [0.4, 0.5) is 4.39 Å². The number of carbonyl (C=O) groups excluding carboxylic acids is 1. The highest BCUT2D eigenvalue weighted by Gasteiger charge is 2.36. The molecule has 0 aromatic carbocycles. The zero-order chi connectivity index (χ0) is 17.9. The first kappa shape index (κ1) is 19.2. The number of carbonyl (C=O) groups is 1. The smallest absolute Gasteiger partial charge is 0.309 e. The van der Waals surface area contributed by atoms with Crippen LogP contribution in [-0.2, 0) is 14.4 Å². The van der Waals surface area contributed by atoms with Crippen molar-refractivity contribution in [3.8, 4) is 0 Å². The zero-order valence-electron chi connectivity index (χ0n) is 15.1. The third kappa shape index (κ3) is 4.91. The van der Waals surface area contributed by atoms with Crippen molar-refractivity contribution in [3.05, 3.63) is 0 Å². The number of hydrogen-bond acceptors (Lipinski definition) is 5. The maximum absolute atomic E-state index is 13.7. The van der Waals surface area contributed by atoms with Crippen molar-refractivity contribution >= 4 is 11.7 Å². The minimum absolute atomic E-state index is 0.00324. The highest BCUT2D eigenvalue weighted by atomic mass is 19.1. The summed E-state index contributed by atoms with van der Waals surface area (Å²) in [5.41, 5.74) is 0.812. The van der Waals surface area contributed by atoms with Gasteiger partial charge in [-0.05, 0) is 31.1 Å². The maximum atomic E-state index is 13.7. The Hall–Kier alpha value is -1.17. The van der Waals surface area contributed by atoms with Gasteiger partial charge in [0.15, 0.2) is 0 Å². The van der Waals surface area contributed by atoms with Crippen molar-refractivity contribution < 1.29 is 23.9 Å². The van der Waals surface area contributed by atoms with Gasteiger partial charge in [0.25, 0.3) is 0 Å². The van der Waals surface area contributed by atoms with Crippen molar-refractivity contribution in [2.75, 3.05) is 0 Å². The molecule has 0 radical (unpaired) electrons. The number of esters is 1. The van der Waals surface area contributed by atoms with E-state index in [1.807, 2.05) is 27.7 Å². The predicted octanol–water partition coefficient (Wildman–Crippen LogP) is 3.24. The number of aliphatic hydroxyl groups excluding tert-OH is 1. The molecule has 138 valence electrons. The van der Waals surface area contributed by atoms with Crippen LogP contribution < -0.4 is 0 Å². The third-order valence-electron chi connectivity index (χ3n) is 4.94. The van der Waals surface area contributed by atoms with Gasteiger partial charge < -0.3 is 14.7 Å². The Labute approximate surface area is 143 Å². The Morgan fingerprint density at radius 3 is 2.58 bits per heavy atom. The number of nitrogens with zero attached hydrogens (tertiary/aromatic N) is 1. The number of aliphatic hydroxyl groups is 1. The molecular formula is C18H30FNO4. The van der Waals surface area contributed by atoms with Gasteiger partial charge >= 0.3 is 5.97 Å². The Kier molecular flexibility index (Phi) is 6.61. The number of rotatable bonds is 6. The van der Waals surface area contributed by atoms with Crippen LogP contribution in [0.1, 0.15) is 59.8 Å². The lowest BCUT2D eigenvalue weighted by atomic mass is 9.81. The monoisotopic (exact) mass is 343 g/mol. The minimum atomic E-state index is -1.20. The number of hydrogen-bond donors (Lipinski definition) is 1. The fraction of sp³-hybridized carbons (Fsp3) is 0.889. The van der Waals surface area contributed by atoms with Gasteiger partial charge in [0.05, 0.1) is 18.2 Å². The first-order valence-corrected chi connectivity index (χ1v) is 9.02. The summed E-state index contributed by atoms with van der Waals surface area (Å²) >= 11 is 0. The first-order chi connectivity index (χ1) is 11.3. The molecule has 2 rings (SSSR count). The van der Waals surface area contributed by atoms with Gasteiger partial charge in [-0.2, -0.15) is 0 Å². The lowest BCUT2D eigenvalue weighted by Gasteiger charge is -2.28. The SMILES string of the molecule is CC(C)C(OC(=O)CC1CC(C2CCC(O)C(F)C2)=NO1)C(C)C. The van der Waals surface area contributed by atoms with Crippen molar-refractivity contribution in [2.45, 2.75) is 84.3 Å². The molecule has 0 bridgehead atoms. The van der Waals surface area contributed by atoms with Crippen LogP contribution in [-0.4, -0.2) is 41.3 Å².